The smallest absolute Gasteiger partial charge is 0.224 e. The van der Waals surface area contributed by atoms with Gasteiger partial charge in [-0.1, -0.05) is 12.1 Å². The van der Waals surface area contributed by atoms with Gasteiger partial charge in [-0.05, 0) is 40.5 Å². The van der Waals surface area contributed by atoms with E-state index in [0.717, 1.165) is 28.1 Å². The maximum Gasteiger partial charge on any atom is 0.224 e. The number of halogens is 1. The highest BCUT2D eigenvalue weighted by Crippen LogP contribution is 2.24. The van der Waals surface area contributed by atoms with Gasteiger partial charge in [-0.3, -0.25) is 0 Å². The molecule has 2 aromatic rings. The van der Waals surface area contributed by atoms with Crippen LogP contribution in [0.1, 0.15) is 12.5 Å². The molecule has 2 N–H and O–H groups in total. The molecular formula is C14H17BrN4O. The van der Waals surface area contributed by atoms with Crippen molar-refractivity contribution in [1.82, 2.24) is 9.97 Å². The highest BCUT2D eigenvalue weighted by atomic mass is 79.9. The molecule has 0 saturated carbocycles. The molecule has 1 heterocycles. The van der Waals surface area contributed by atoms with E-state index < -0.39 is 0 Å². The first-order valence-corrected chi connectivity index (χ1v) is 7.13. The largest absolute Gasteiger partial charge is 0.380 e. The van der Waals surface area contributed by atoms with E-state index in [9.17, 15) is 0 Å². The Hall–Kier alpha value is -1.66. The Kier molecular flexibility index (Phi) is 5.31. The SMILES string of the molecule is CCNc1ncc(Br)c(Nc2cccc(COC)c2)n1. The molecule has 0 saturated heterocycles. The van der Waals surface area contributed by atoms with Crippen LogP contribution in [0, 0.1) is 0 Å². The zero-order valence-corrected chi connectivity index (χ0v) is 13.1. The van der Waals surface area contributed by atoms with Crippen molar-refractivity contribution in [2.75, 3.05) is 24.3 Å². The fourth-order valence-electron chi connectivity index (χ4n) is 1.74. The Balaban J connectivity index is 2.20. The van der Waals surface area contributed by atoms with Gasteiger partial charge in [0.15, 0.2) is 0 Å². The molecule has 0 bridgehead atoms. The third kappa shape index (κ3) is 3.91. The minimum absolute atomic E-state index is 0.586. The minimum Gasteiger partial charge on any atom is -0.380 e. The van der Waals surface area contributed by atoms with Crippen molar-refractivity contribution in [3.8, 4) is 0 Å². The standard InChI is InChI=1S/C14H17BrN4O/c1-3-16-14-17-8-12(15)13(19-14)18-11-6-4-5-10(7-11)9-20-2/h4-8H,3,9H2,1-2H3,(H2,16,17,18,19). The topological polar surface area (TPSA) is 59.1 Å². The highest BCUT2D eigenvalue weighted by molar-refractivity contribution is 9.10. The minimum atomic E-state index is 0.586. The summed E-state index contributed by atoms with van der Waals surface area (Å²) in [4.78, 5) is 8.61. The van der Waals surface area contributed by atoms with Crippen LogP contribution in [0.25, 0.3) is 0 Å². The molecule has 0 unspecified atom stereocenters. The lowest BCUT2D eigenvalue weighted by atomic mass is 10.2. The number of rotatable bonds is 6. The third-order valence-corrected chi connectivity index (χ3v) is 3.16. The third-order valence-electron chi connectivity index (χ3n) is 2.58. The molecule has 6 heteroatoms. The number of hydrogen-bond donors (Lipinski definition) is 2. The fourth-order valence-corrected chi connectivity index (χ4v) is 2.03. The first-order chi connectivity index (χ1) is 9.72. The summed E-state index contributed by atoms with van der Waals surface area (Å²) in [5.41, 5.74) is 2.07. The zero-order chi connectivity index (χ0) is 14.4. The van der Waals surface area contributed by atoms with Crippen LogP contribution in [-0.2, 0) is 11.3 Å². The average molecular weight is 337 g/mol. The second-order valence-corrected chi connectivity index (χ2v) is 5.03. The molecule has 0 aliphatic carbocycles. The molecule has 0 fully saturated rings. The van der Waals surface area contributed by atoms with Gasteiger partial charge in [0.05, 0.1) is 11.1 Å². The quantitative estimate of drug-likeness (QED) is 0.844. The van der Waals surface area contributed by atoms with Gasteiger partial charge in [-0.15, -0.1) is 0 Å². The molecule has 5 nitrogen and oxygen atoms in total. The number of hydrogen-bond acceptors (Lipinski definition) is 5. The van der Waals surface area contributed by atoms with E-state index >= 15 is 0 Å². The van der Waals surface area contributed by atoms with Crippen LogP contribution in [0.5, 0.6) is 0 Å². The molecule has 1 aromatic carbocycles. The van der Waals surface area contributed by atoms with E-state index in [2.05, 4.69) is 36.5 Å². The number of nitrogens with zero attached hydrogens (tertiary/aromatic N) is 2. The summed E-state index contributed by atoms with van der Waals surface area (Å²) in [6, 6.07) is 8.02. The lowest BCUT2D eigenvalue weighted by Crippen LogP contribution is -2.04. The number of benzene rings is 1. The van der Waals surface area contributed by atoms with Crippen molar-refractivity contribution >= 4 is 33.4 Å². The van der Waals surface area contributed by atoms with Gasteiger partial charge >= 0.3 is 0 Å². The molecule has 0 atom stereocenters. The van der Waals surface area contributed by atoms with Gasteiger partial charge in [0.25, 0.3) is 0 Å². The Morgan fingerprint density at radius 1 is 1.35 bits per heavy atom. The summed E-state index contributed by atoms with van der Waals surface area (Å²) >= 11 is 3.45. The van der Waals surface area contributed by atoms with E-state index in [1.165, 1.54) is 0 Å². The lowest BCUT2D eigenvalue weighted by Gasteiger charge is -2.10. The molecule has 106 valence electrons. The van der Waals surface area contributed by atoms with E-state index in [1.54, 1.807) is 13.3 Å². The van der Waals surface area contributed by atoms with Gasteiger partial charge < -0.3 is 15.4 Å². The van der Waals surface area contributed by atoms with Crippen LogP contribution in [-0.4, -0.2) is 23.6 Å². The lowest BCUT2D eigenvalue weighted by molar-refractivity contribution is 0.185. The molecule has 20 heavy (non-hydrogen) atoms. The second-order valence-electron chi connectivity index (χ2n) is 4.18. The van der Waals surface area contributed by atoms with Crippen molar-refractivity contribution in [2.24, 2.45) is 0 Å². The van der Waals surface area contributed by atoms with Gasteiger partial charge in [-0.2, -0.15) is 4.98 Å². The first kappa shape index (κ1) is 14.7. The number of aromatic nitrogens is 2. The number of methoxy groups -OCH3 is 1. The van der Waals surface area contributed by atoms with E-state index in [1.807, 2.05) is 31.2 Å². The van der Waals surface area contributed by atoms with Crippen molar-refractivity contribution in [1.29, 1.82) is 0 Å². The fraction of sp³-hybridized carbons (Fsp3) is 0.286. The van der Waals surface area contributed by atoms with Crippen LogP contribution in [0.2, 0.25) is 0 Å². The molecule has 0 spiro atoms. The zero-order valence-electron chi connectivity index (χ0n) is 11.5. The first-order valence-electron chi connectivity index (χ1n) is 6.34. The Morgan fingerprint density at radius 2 is 2.20 bits per heavy atom. The van der Waals surface area contributed by atoms with Crippen LogP contribution in [0.4, 0.5) is 17.5 Å². The Bertz CT molecular complexity index is 577. The van der Waals surface area contributed by atoms with Crippen LogP contribution in [0.15, 0.2) is 34.9 Å². The molecule has 0 radical (unpaired) electrons. The summed E-state index contributed by atoms with van der Waals surface area (Å²) in [5.74, 6) is 1.33. The normalized spacial score (nSPS) is 10.3. The summed E-state index contributed by atoms with van der Waals surface area (Å²) in [7, 11) is 1.68. The molecule has 2 rings (SSSR count). The Labute approximate surface area is 126 Å². The van der Waals surface area contributed by atoms with Gasteiger partial charge in [0.1, 0.15) is 5.82 Å². The maximum absolute atomic E-state index is 5.14. The Morgan fingerprint density at radius 3 is 2.95 bits per heavy atom. The second kappa shape index (κ2) is 7.21. The van der Waals surface area contributed by atoms with E-state index in [-0.39, 0.29) is 0 Å². The average Bonchev–Trinajstić information content (AvgIpc) is 2.44. The predicted octanol–water partition coefficient (Wildman–Crippen LogP) is 3.56. The molecule has 0 aliphatic heterocycles. The van der Waals surface area contributed by atoms with Crippen LogP contribution in [0.3, 0.4) is 0 Å². The summed E-state index contributed by atoms with van der Waals surface area (Å²) in [5, 5.41) is 6.37. The molecular weight excluding hydrogens is 320 g/mol. The number of nitrogens with one attached hydrogen (secondary N) is 2. The highest BCUT2D eigenvalue weighted by Gasteiger charge is 2.05. The van der Waals surface area contributed by atoms with Gasteiger partial charge in [0.2, 0.25) is 5.95 Å². The van der Waals surface area contributed by atoms with E-state index in [4.69, 9.17) is 4.74 Å². The summed E-state index contributed by atoms with van der Waals surface area (Å²) in [6.45, 7) is 3.38. The van der Waals surface area contributed by atoms with Crippen molar-refractivity contribution in [3.05, 3.63) is 40.5 Å². The van der Waals surface area contributed by atoms with Crippen molar-refractivity contribution in [3.63, 3.8) is 0 Å². The number of ether oxygens (including phenoxy) is 1. The monoisotopic (exact) mass is 336 g/mol. The van der Waals surface area contributed by atoms with Crippen molar-refractivity contribution < 1.29 is 4.74 Å². The van der Waals surface area contributed by atoms with E-state index in [0.29, 0.717) is 12.6 Å². The van der Waals surface area contributed by atoms with Crippen LogP contribution < -0.4 is 10.6 Å². The molecule has 0 aliphatic rings. The predicted molar refractivity (Wildman–Crippen MR) is 84.3 cm³/mol. The van der Waals surface area contributed by atoms with Crippen molar-refractivity contribution in [2.45, 2.75) is 13.5 Å². The van der Waals surface area contributed by atoms with Crippen LogP contribution >= 0.6 is 15.9 Å². The maximum atomic E-state index is 5.14. The molecule has 0 amide bonds. The summed E-state index contributed by atoms with van der Waals surface area (Å²) in [6.07, 6.45) is 1.73. The summed E-state index contributed by atoms with van der Waals surface area (Å²) < 4.78 is 5.95. The number of anilines is 3. The van der Waals surface area contributed by atoms with Gasteiger partial charge in [0, 0.05) is 25.5 Å². The molecule has 1 aromatic heterocycles. The van der Waals surface area contributed by atoms with Gasteiger partial charge in [-0.25, -0.2) is 4.98 Å².